The predicted octanol–water partition coefficient (Wildman–Crippen LogP) is 1.57. The number of aryl methyl sites for hydroxylation is 1. The number of aromatic hydroxyl groups is 1. The Morgan fingerprint density at radius 2 is 1.64 bits per heavy atom. The van der Waals surface area contributed by atoms with Crippen LogP contribution in [0.3, 0.4) is 0 Å². The molecule has 2 rings (SSSR count). The van der Waals surface area contributed by atoms with E-state index in [4.69, 9.17) is 5.11 Å². The van der Waals surface area contributed by atoms with E-state index in [0.29, 0.717) is 5.75 Å². The molecular weight excluding hydrogens is 178 g/mol. The SMILES string of the molecule is Cc1ccccc1O.c1cnnnc1. The Balaban J connectivity index is 0.000000146. The first-order chi connectivity index (χ1) is 6.80. The van der Waals surface area contributed by atoms with Crippen molar-refractivity contribution in [2.24, 2.45) is 0 Å². The van der Waals surface area contributed by atoms with E-state index < -0.39 is 0 Å². The van der Waals surface area contributed by atoms with Crippen LogP contribution in [0.5, 0.6) is 5.75 Å². The molecule has 0 aliphatic heterocycles. The van der Waals surface area contributed by atoms with Crippen molar-refractivity contribution in [3.05, 3.63) is 48.3 Å². The van der Waals surface area contributed by atoms with Gasteiger partial charge < -0.3 is 5.11 Å². The molecule has 0 aliphatic rings. The van der Waals surface area contributed by atoms with Crippen LogP contribution in [0.25, 0.3) is 0 Å². The third kappa shape index (κ3) is 3.62. The Hall–Kier alpha value is -1.97. The minimum Gasteiger partial charge on any atom is -0.508 e. The van der Waals surface area contributed by atoms with Gasteiger partial charge in [-0.15, -0.1) is 10.2 Å². The summed E-state index contributed by atoms with van der Waals surface area (Å²) < 4.78 is 0. The molecule has 0 atom stereocenters. The van der Waals surface area contributed by atoms with Crippen molar-refractivity contribution in [3.63, 3.8) is 0 Å². The first-order valence-electron chi connectivity index (χ1n) is 4.13. The lowest BCUT2D eigenvalue weighted by Gasteiger charge is -1.92. The molecule has 0 aliphatic carbocycles. The lowest BCUT2D eigenvalue weighted by molar-refractivity contribution is 0.471. The lowest BCUT2D eigenvalue weighted by Crippen LogP contribution is -1.78. The van der Waals surface area contributed by atoms with Crippen LogP contribution >= 0.6 is 0 Å². The molecule has 0 saturated heterocycles. The van der Waals surface area contributed by atoms with Crippen molar-refractivity contribution in [1.29, 1.82) is 0 Å². The van der Waals surface area contributed by atoms with Gasteiger partial charge in [0.1, 0.15) is 5.75 Å². The number of hydrogen-bond donors (Lipinski definition) is 1. The van der Waals surface area contributed by atoms with Crippen molar-refractivity contribution in [2.75, 3.05) is 0 Å². The van der Waals surface area contributed by atoms with E-state index in [-0.39, 0.29) is 0 Å². The van der Waals surface area contributed by atoms with E-state index >= 15 is 0 Å². The van der Waals surface area contributed by atoms with E-state index in [0.717, 1.165) is 5.56 Å². The molecule has 0 amide bonds. The summed E-state index contributed by atoms with van der Waals surface area (Å²) in [5.41, 5.74) is 0.924. The molecule has 0 spiro atoms. The van der Waals surface area contributed by atoms with Gasteiger partial charge in [-0.2, -0.15) is 0 Å². The van der Waals surface area contributed by atoms with Crippen molar-refractivity contribution < 1.29 is 5.11 Å². The summed E-state index contributed by atoms with van der Waals surface area (Å²) in [5.74, 6) is 0.368. The standard InChI is InChI=1S/C7H8O.C3H3N3/c1-6-4-2-3-5-7(6)8;1-2-4-6-5-3-1/h2-5,8H,1H3;1-3H. The number of hydrogen-bond acceptors (Lipinski definition) is 4. The Morgan fingerprint density at radius 3 is 1.93 bits per heavy atom. The van der Waals surface area contributed by atoms with Crippen LogP contribution < -0.4 is 0 Å². The van der Waals surface area contributed by atoms with Crippen LogP contribution in [-0.4, -0.2) is 20.5 Å². The smallest absolute Gasteiger partial charge is 0.118 e. The fourth-order valence-corrected chi connectivity index (χ4v) is 0.768. The van der Waals surface area contributed by atoms with Crippen LogP contribution in [0.15, 0.2) is 42.7 Å². The summed E-state index contributed by atoms with van der Waals surface area (Å²) in [6.07, 6.45) is 3.15. The highest BCUT2D eigenvalue weighted by atomic mass is 16.3. The van der Waals surface area contributed by atoms with Gasteiger partial charge >= 0.3 is 0 Å². The van der Waals surface area contributed by atoms with Crippen LogP contribution in [0.2, 0.25) is 0 Å². The number of para-hydroxylation sites is 1. The summed E-state index contributed by atoms with van der Waals surface area (Å²) in [4.78, 5) is 0. The monoisotopic (exact) mass is 189 g/mol. The van der Waals surface area contributed by atoms with Gasteiger partial charge in [0.2, 0.25) is 0 Å². The van der Waals surface area contributed by atoms with Crippen LogP contribution in [0.1, 0.15) is 5.56 Å². The predicted molar refractivity (Wildman–Crippen MR) is 52.7 cm³/mol. The van der Waals surface area contributed by atoms with Crippen LogP contribution in [-0.2, 0) is 0 Å². The maximum Gasteiger partial charge on any atom is 0.118 e. The van der Waals surface area contributed by atoms with Gasteiger partial charge in [0, 0.05) is 0 Å². The molecule has 14 heavy (non-hydrogen) atoms. The average Bonchev–Trinajstić information content (AvgIpc) is 2.26. The lowest BCUT2D eigenvalue weighted by atomic mass is 10.2. The molecule has 0 bridgehead atoms. The number of benzene rings is 1. The summed E-state index contributed by atoms with van der Waals surface area (Å²) >= 11 is 0. The van der Waals surface area contributed by atoms with Gasteiger partial charge in [-0.05, 0) is 29.8 Å². The fraction of sp³-hybridized carbons (Fsp3) is 0.100. The maximum atomic E-state index is 8.92. The van der Waals surface area contributed by atoms with E-state index in [1.54, 1.807) is 24.5 Å². The van der Waals surface area contributed by atoms with Crippen molar-refractivity contribution in [2.45, 2.75) is 6.92 Å². The van der Waals surface area contributed by atoms with Crippen molar-refractivity contribution >= 4 is 0 Å². The minimum atomic E-state index is 0.368. The third-order valence-electron chi connectivity index (χ3n) is 1.52. The number of phenolic OH excluding ortho intramolecular Hbond substituents is 1. The molecule has 1 aromatic carbocycles. The average molecular weight is 189 g/mol. The molecule has 4 heteroatoms. The Morgan fingerprint density at radius 1 is 1.00 bits per heavy atom. The van der Waals surface area contributed by atoms with E-state index in [1.807, 2.05) is 25.1 Å². The van der Waals surface area contributed by atoms with Gasteiger partial charge in [0.15, 0.2) is 0 Å². The maximum absolute atomic E-state index is 8.92. The Kier molecular flexibility index (Phi) is 4.07. The minimum absolute atomic E-state index is 0.368. The normalized spacial score (nSPS) is 8.64. The molecule has 0 saturated carbocycles. The molecule has 1 N–H and O–H groups in total. The largest absolute Gasteiger partial charge is 0.508 e. The molecule has 4 nitrogen and oxygen atoms in total. The number of phenols is 1. The highest BCUT2D eigenvalue weighted by Gasteiger charge is 1.86. The summed E-state index contributed by atoms with van der Waals surface area (Å²) in [6.45, 7) is 1.87. The molecule has 72 valence electrons. The summed E-state index contributed by atoms with van der Waals surface area (Å²) in [5, 5.41) is 19.1. The van der Waals surface area contributed by atoms with Crippen LogP contribution in [0, 0.1) is 6.92 Å². The second kappa shape index (κ2) is 5.64. The quantitative estimate of drug-likeness (QED) is 0.683. The first-order valence-corrected chi connectivity index (χ1v) is 4.13. The molecule has 2 aromatic rings. The molecule has 0 unspecified atom stereocenters. The highest BCUT2D eigenvalue weighted by Crippen LogP contribution is 2.12. The Bertz CT molecular complexity index is 317. The van der Waals surface area contributed by atoms with Crippen molar-refractivity contribution in [3.8, 4) is 5.75 Å². The van der Waals surface area contributed by atoms with Gasteiger partial charge in [-0.3, -0.25) is 0 Å². The molecule has 1 heterocycles. The summed E-state index contributed by atoms with van der Waals surface area (Å²) in [7, 11) is 0. The third-order valence-corrected chi connectivity index (χ3v) is 1.52. The Labute approximate surface area is 82.2 Å². The fourth-order valence-electron chi connectivity index (χ4n) is 0.768. The number of aromatic nitrogens is 3. The molecule has 1 aromatic heterocycles. The molecule has 0 fully saturated rings. The molecule has 0 radical (unpaired) electrons. The van der Waals surface area contributed by atoms with Gasteiger partial charge in [0.25, 0.3) is 0 Å². The number of nitrogens with zero attached hydrogens (tertiary/aromatic N) is 3. The van der Waals surface area contributed by atoms with E-state index in [2.05, 4.69) is 15.4 Å². The van der Waals surface area contributed by atoms with E-state index in [9.17, 15) is 0 Å². The highest BCUT2D eigenvalue weighted by molar-refractivity contribution is 5.29. The van der Waals surface area contributed by atoms with Gasteiger partial charge in [-0.25, -0.2) is 0 Å². The zero-order valence-electron chi connectivity index (χ0n) is 7.83. The zero-order valence-corrected chi connectivity index (χ0v) is 7.83. The topological polar surface area (TPSA) is 58.9 Å². The van der Waals surface area contributed by atoms with Crippen LogP contribution in [0.4, 0.5) is 0 Å². The first kappa shape index (κ1) is 10.1. The van der Waals surface area contributed by atoms with E-state index in [1.165, 1.54) is 0 Å². The zero-order chi connectivity index (χ0) is 10.2. The summed E-state index contributed by atoms with van der Waals surface area (Å²) in [6, 6.07) is 8.97. The second-order valence-electron chi connectivity index (χ2n) is 2.60. The van der Waals surface area contributed by atoms with Crippen molar-refractivity contribution in [1.82, 2.24) is 15.4 Å². The second-order valence-corrected chi connectivity index (χ2v) is 2.60. The molecular formula is C10H11N3O. The van der Waals surface area contributed by atoms with Gasteiger partial charge in [-0.1, -0.05) is 18.2 Å². The van der Waals surface area contributed by atoms with Gasteiger partial charge in [0.05, 0.1) is 12.4 Å². The number of rotatable bonds is 0.